The van der Waals surface area contributed by atoms with Crippen LogP contribution in [0, 0.1) is 0 Å². The quantitative estimate of drug-likeness (QED) is 0.365. The first-order chi connectivity index (χ1) is 6.32. The van der Waals surface area contributed by atoms with Gasteiger partial charge in [-0.25, -0.2) is 0 Å². The molecule has 0 fully saturated rings. The fraction of sp³-hybridized carbons (Fsp3) is 0.250. The lowest BCUT2D eigenvalue weighted by Gasteiger charge is -2.14. The van der Waals surface area contributed by atoms with Gasteiger partial charge < -0.3 is 0 Å². The van der Waals surface area contributed by atoms with Crippen molar-refractivity contribution >= 4 is 91.3 Å². The van der Waals surface area contributed by atoms with Crippen LogP contribution in [-0.2, 0) is 2.14 Å². The highest BCUT2D eigenvalue weighted by Gasteiger charge is 2.22. The molecule has 0 atom stereocenters. The van der Waals surface area contributed by atoms with Crippen LogP contribution in [-0.4, -0.2) is 0 Å². The molecule has 0 aromatic heterocycles. The van der Waals surface area contributed by atoms with Gasteiger partial charge in [0.05, 0.1) is 3.74 Å². The molecule has 78 valence electrons. The summed E-state index contributed by atoms with van der Waals surface area (Å²) < 4.78 is -0.338. The minimum atomic E-state index is -0.413. The smallest absolute Gasteiger partial charge is 0.0840 e. The van der Waals surface area contributed by atoms with Gasteiger partial charge in [0.1, 0.15) is 0 Å². The Kier molecular flexibility index (Phi) is 5.49. The molecule has 0 unspecified atom stereocenters. The molecule has 1 aromatic carbocycles. The van der Waals surface area contributed by atoms with Crippen LogP contribution in [0.3, 0.4) is 0 Å². The molecule has 0 aliphatic rings. The second kappa shape index (κ2) is 5.50. The normalized spacial score (nSPS) is 12.2. The molecule has 0 spiro atoms. The lowest BCUT2D eigenvalue weighted by molar-refractivity contribution is 1.32. The van der Waals surface area contributed by atoms with Crippen molar-refractivity contribution in [2.75, 3.05) is 0 Å². The van der Waals surface area contributed by atoms with Crippen LogP contribution in [0.5, 0.6) is 0 Å². The zero-order chi connectivity index (χ0) is 10.9. The van der Waals surface area contributed by atoms with Gasteiger partial charge in [-0.05, 0) is 17.2 Å². The van der Waals surface area contributed by atoms with Gasteiger partial charge in [-0.1, -0.05) is 103 Å². The van der Waals surface area contributed by atoms with Crippen LogP contribution < -0.4 is 0 Å². The van der Waals surface area contributed by atoms with Crippen molar-refractivity contribution < 1.29 is 0 Å². The highest BCUT2D eigenvalue weighted by Crippen LogP contribution is 2.46. The van der Waals surface area contributed by atoms with E-state index in [1.54, 1.807) is 0 Å². The zero-order valence-corrected chi connectivity index (χ0v) is 15.3. The number of benzene rings is 1. The van der Waals surface area contributed by atoms with E-state index in [2.05, 4.69) is 79.6 Å². The molecule has 0 saturated carbocycles. The summed E-state index contributed by atoms with van der Waals surface area (Å²) in [5, 5.41) is 0.712. The summed E-state index contributed by atoms with van der Waals surface area (Å²) in [4.78, 5) is 0. The Balaban J connectivity index is 3.13. The van der Waals surface area contributed by atoms with Crippen molar-refractivity contribution in [3.63, 3.8) is 0 Å². The van der Waals surface area contributed by atoms with E-state index in [-0.39, 0.29) is 3.74 Å². The summed E-state index contributed by atoms with van der Waals surface area (Å²) >= 11 is 23.2. The van der Waals surface area contributed by atoms with Gasteiger partial charge in [0, 0.05) is 5.02 Å². The van der Waals surface area contributed by atoms with E-state index in [9.17, 15) is 0 Å². The van der Waals surface area contributed by atoms with Crippen LogP contribution in [0.25, 0.3) is 0 Å². The maximum Gasteiger partial charge on any atom is 0.159 e. The van der Waals surface area contributed by atoms with Gasteiger partial charge in [0.2, 0.25) is 0 Å². The average molecular weight is 535 g/mol. The minimum Gasteiger partial charge on any atom is -0.0840 e. The Hall–Kier alpha value is 1.91. The molecule has 6 heteroatoms. The predicted molar refractivity (Wildman–Crippen MR) is 80.5 cm³/mol. The highest BCUT2D eigenvalue weighted by atomic mass is 80.0. The maximum atomic E-state index is 6.11. The number of hydrogen-bond acceptors (Lipinski definition) is 0. The van der Waals surface area contributed by atoms with Crippen molar-refractivity contribution in [2.45, 2.75) is 5.88 Å². The van der Waals surface area contributed by atoms with Crippen LogP contribution in [0.2, 0.25) is 5.02 Å². The van der Waals surface area contributed by atoms with Gasteiger partial charge in [-0.2, -0.15) is 0 Å². The molecule has 14 heavy (non-hydrogen) atoms. The standard InChI is InChI=1S/C8H4Br5Cl/c9-7(10)5-2-1-4(3-6(5)14)8(11,12)13/h1-3,7H. The van der Waals surface area contributed by atoms with E-state index in [0.717, 1.165) is 11.1 Å². The molecule has 0 bridgehead atoms. The monoisotopic (exact) mass is 530 g/mol. The summed E-state index contributed by atoms with van der Waals surface area (Å²) in [6, 6.07) is 5.84. The van der Waals surface area contributed by atoms with Crippen molar-refractivity contribution in [3.8, 4) is 0 Å². The molecule has 0 amide bonds. The molecule has 0 heterocycles. The van der Waals surface area contributed by atoms with Crippen LogP contribution >= 0.6 is 91.3 Å². The summed E-state index contributed by atoms with van der Waals surface area (Å²) in [6.45, 7) is 0. The SMILES string of the molecule is Clc1cc(C(Br)(Br)Br)ccc1C(Br)Br. The molecule has 0 saturated heterocycles. The number of rotatable bonds is 1. The van der Waals surface area contributed by atoms with Crippen molar-refractivity contribution in [2.24, 2.45) is 0 Å². The van der Waals surface area contributed by atoms with E-state index in [1.165, 1.54) is 0 Å². The fourth-order valence-electron chi connectivity index (χ4n) is 0.880. The third-order valence-electron chi connectivity index (χ3n) is 1.56. The van der Waals surface area contributed by atoms with Gasteiger partial charge in [0.15, 0.2) is 2.14 Å². The van der Waals surface area contributed by atoms with E-state index >= 15 is 0 Å². The first-order valence-electron chi connectivity index (χ1n) is 3.47. The Morgan fingerprint density at radius 2 is 1.71 bits per heavy atom. The largest absolute Gasteiger partial charge is 0.159 e. The molecule has 0 aliphatic carbocycles. The molecular formula is C8H4Br5Cl. The van der Waals surface area contributed by atoms with Crippen molar-refractivity contribution in [1.82, 2.24) is 0 Å². The minimum absolute atomic E-state index is 0.0759. The molecule has 0 nitrogen and oxygen atoms in total. The Bertz CT molecular complexity index is 331. The molecule has 1 aromatic rings. The van der Waals surface area contributed by atoms with E-state index in [4.69, 9.17) is 11.6 Å². The number of hydrogen-bond donors (Lipinski definition) is 0. The van der Waals surface area contributed by atoms with Crippen LogP contribution in [0.1, 0.15) is 14.9 Å². The fourth-order valence-corrected chi connectivity index (χ4v) is 2.97. The second-order valence-corrected chi connectivity index (χ2v) is 12.8. The third-order valence-corrected chi connectivity index (χ3v) is 4.25. The summed E-state index contributed by atoms with van der Waals surface area (Å²) in [7, 11) is 0. The van der Waals surface area contributed by atoms with E-state index in [1.807, 2.05) is 18.2 Å². The molecule has 0 radical (unpaired) electrons. The molecule has 0 aliphatic heterocycles. The van der Waals surface area contributed by atoms with Gasteiger partial charge in [-0.3, -0.25) is 0 Å². The Labute approximate surface area is 130 Å². The second-order valence-electron chi connectivity index (χ2n) is 2.53. The Morgan fingerprint density at radius 3 is 2.07 bits per heavy atom. The van der Waals surface area contributed by atoms with Crippen molar-refractivity contribution in [3.05, 3.63) is 34.3 Å². The average Bonchev–Trinajstić information content (AvgIpc) is 2.01. The summed E-state index contributed by atoms with van der Waals surface area (Å²) in [5.41, 5.74) is 2.01. The first kappa shape index (κ1) is 14.0. The van der Waals surface area contributed by atoms with E-state index in [0.29, 0.717) is 5.02 Å². The van der Waals surface area contributed by atoms with Crippen LogP contribution in [0.4, 0.5) is 0 Å². The zero-order valence-electron chi connectivity index (χ0n) is 6.58. The molecular weight excluding hydrogens is 531 g/mol. The van der Waals surface area contributed by atoms with Gasteiger partial charge in [0.25, 0.3) is 0 Å². The third kappa shape index (κ3) is 3.74. The first-order valence-corrected chi connectivity index (χ1v) is 8.06. The molecule has 0 N–H and O–H groups in total. The molecule has 1 rings (SSSR count). The lowest BCUT2D eigenvalue weighted by atomic mass is 10.2. The Morgan fingerprint density at radius 1 is 1.14 bits per heavy atom. The van der Waals surface area contributed by atoms with Gasteiger partial charge in [-0.15, -0.1) is 0 Å². The van der Waals surface area contributed by atoms with Crippen LogP contribution in [0.15, 0.2) is 18.2 Å². The topological polar surface area (TPSA) is 0 Å². The summed E-state index contributed by atoms with van der Waals surface area (Å²) in [6.07, 6.45) is 0. The maximum absolute atomic E-state index is 6.11. The van der Waals surface area contributed by atoms with E-state index < -0.39 is 2.14 Å². The highest BCUT2D eigenvalue weighted by molar-refractivity contribution is 9.38. The number of alkyl halides is 5. The van der Waals surface area contributed by atoms with Gasteiger partial charge >= 0.3 is 0 Å². The summed E-state index contributed by atoms with van der Waals surface area (Å²) in [5.74, 6) is 0. The number of halogens is 6. The lowest BCUT2D eigenvalue weighted by Crippen LogP contribution is -1.98. The predicted octanol–water partition coefficient (Wildman–Crippen LogP) is 6.42. The van der Waals surface area contributed by atoms with Crippen molar-refractivity contribution in [1.29, 1.82) is 0 Å².